The number of thiocarbonyl (C=S) groups is 1. The number of carbonyl (C=O) groups excluding carboxylic acids is 2. The monoisotopic (exact) mass is 542 g/mol. The first-order valence-corrected chi connectivity index (χ1v) is 12.6. The maximum atomic E-state index is 12.9. The molecule has 0 spiro atoms. The van der Waals surface area contributed by atoms with Crippen molar-refractivity contribution in [3.63, 3.8) is 0 Å². The van der Waals surface area contributed by atoms with Crippen LogP contribution >= 0.6 is 47.2 Å². The van der Waals surface area contributed by atoms with E-state index in [4.69, 9.17) is 40.2 Å². The van der Waals surface area contributed by atoms with Gasteiger partial charge in [0.05, 0.1) is 15.6 Å². The molecule has 3 aromatic carbocycles. The lowest BCUT2D eigenvalue weighted by Gasteiger charge is -2.14. The fourth-order valence-corrected chi connectivity index (χ4v) is 5.11. The number of hydrogen-bond acceptors (Lipinski definition) is 5. The molecule has 1 fully saturated rings. The highest BCUT2D eigenvalue weighted by Gasteiger charge is 2.31. The van der Waals surface area contributed by atoms with Crippen LogP contribution in [0.3, 0.4) is 0 Å². The molecule has 0 aromatic heterocycles. The fourth-order valence-electron chi connectivity index (χ4n) is 3.35. The topological polar surface area (TPSA) is 58.6 Å². The summed E-state index contributed by atoms with van der Waals surface area (Å²) in [5.41, 5.74) is 2.37. The molecular formula is C26H20Cl2N2O3S2. The van der Waals surface area contributed by atoms with Gasteiger partial charge in [0.25, 0.3) is 11.8 Å². The zero-order chi connectivity index (χ0) is 24.8. The fraction of sp³-hybridized carbons (Fsp3) is 0.115. The second-order valence-corrected chi connectivity index (χ2v) is 10.1. The summed E-state index contributed by atoms with van der Waals surface area (Å²) in [6.07, 6.45) is 2.51. The largest absolute Gasteiger partial charge is 0.484 e. The molecule has 2 amide bonds. The third-order valence-corrected chi connectivity index (χ3v) is 7.00. The van der Waals surface area contributed by atoms with E-state index in [0.29, 0.717) is 37.3 Å². The first-order valence-electron chi connectivity index (χ1n) is 10.7. The highest BCUT2D eigenvalue weighted by Crippen LogP contribution is 2.33. The van der Waals surface area contributed by atoms with Crippen molar-refractivity contribution in [1.82, 2.24) is 4.90 Å². The van der Waals surface area contributed by atoms with Crippen molar-refractivity contribution in [3.8, 4) is 5.75 Å². The van der Waals surface area contributed by atoms with Gasteiger partial charge in [-0.3, -0.25) is 14.5 Å². The van der Waals surface area contributed by atoms with Crippen LogP contribution in [0.2, 0.25) is 10.0 Å². The lowest BCUT2D eigenvalue weighted by Crippen LogP contribution is -2.30. The molecule has 1 N–H and O–H groups in total. The van der Waals surface area contributed by atoms with Crippen LogP contribution in [0.4, 0.5) is 5.69 Å². The summed E-state index contributed by atoms with van der Waals surface area (Å²) in [6, 6.07) is 21.9. The van der Waals surface area contributed by atoms with Gasteiger partial charge in [0.2, 0.25) is 0 Å². The molecule has 3 aromatic rings. The quantitative estimate of drug-likeness (QED) is 0.261. The van der Waals surface area contributed by atoms with E-state index in [9.17, 15) is 9.59 Å². The number of anilines is 1. The number of ether oxygens (including phenoxy) is 1. The van der Waals surface area contributed by atoms with Crippen LogP contribution < -0.4 is 10.1 Å². The molecule has 35 heavy (non-hydrogen) atoms. The number of thioether (sulfide) groups is 1. The molecule has 1 aliphatic rings. The molecule has 5 nitrogen and oxygen atoms in total. The Labute approximate surface area is 223 Å². The Morgan fingerprint density at radius 2 is 1.86 bits per heavy atom. The van der Waals surface area contributed by atoms with E-state index < -0.39 is 0 Å². The van der Waals surface area contributed by atoms with Crippen LogP contribution in [0.25, 0.3) is 6.08 Å². The van der Waals surface area contributed by atoms with Crippen molar-refractivity contribution in [2.24, 2.45) is 0 Å². The van der Waals surface area contributed by atoms with E-state index in [1.807, 2.05) is 36.4 Å². The zero-order valence-corrected chi connectivity index (χ0v) is 21.5. The van der Waals surface area contributed by atoms with Crippen LogP contribution in [0.15, 0.2) is 77.7 Å². The predicted molar refractivity (Wildman–Crippen MR) is 147 cm³/mol. The van der Waals surface area contributed by atoms with Crippen LogP contribution in [-0.4, -0.2) is 34.2 Å². The van der Waals surface area contributed by atoms with E-state index in [1.54, 1.807) is 47.4 Å². The third kappa shape index (κ3) is 6.86. The summed E-state index contributed by atoms with van der Waals surface area (Å²) >= 11 is 18.7. The second-order valence-electron chi connectivity index (χ2n) is 7.60. The number of nitrogens with zero attached hydrogens (tertiary/aromatic N) is 1. The van der Waals surface area contributed by atoms with Crippen molar-refractivity contribution in [2.45, 2.75) is 6.42 Å². The number of halogens is 2. The number of carbonyl (C=O) groups is 2. The van der Waals surface area contributed by atoms with Gasteiger partial charge in [-0.05, 0) is 54.0 Å². The Kier molecular flexibility index (Phi) is 8.46. The highest BCUT2D eigenvalue weighted by molar-refractivity contribution is 8.26. The Morgan fingerprint density at radius 1 is 1.06 bits per heavy atom. The van der Waals surface area contributed by atoms with Gasteiger partial charge in [-0.15, -0.1) is 0 Å². The van der Waals surface area contributed by atoms with Gasteiger partial charge in [0.1, 0.15) is 10.1 Å². The number of rotatable bonds is 8. The lowest BCUT2D eigenvalue weighted by atomic mass is 10.1. The molecule has 1 aliphatic heterocycles. The maximum Gasteiger partial charge on any atom is 0.266 e. The Hall–Kier alpha value is -2.84. The number of amides is 2. The molecule has 0 bridgehead atoms. The summed E-state index contributed by atoms with van der Waals surface area (Å²) < 4.78 is 6.17. The minimum absolute atomic E-state index is 0.110. The van der Waals surface area contributed by atoms with Crippen LogP contribution in [0.5, 0.6) is 5.75 Å². The van der Waals surface area contributed by atoms with Crippen molar-refractivity contribution in [1.29, 1.82) is 0 Å². The summed E-state index contributed by atoms with van der Waals surface area (Å²) in [4.78, 5) is 27.3. The summed E-state index contributed by atoms with van der Waals surface area (Å²) in [5, 5.41) is 3.51. The second kappa shape index (κ2) is 11.7. The van der Waals surface area contributed by atoms with E-state index in [2.05, 4.69) is 5.32 Å². The average Bonchev–Trinajstić information content (AvgIpc) is 3.11. The first kappa shape index (κ1) is 25.3. The minimum atomic E-state index is -0.362. The van der Waals surface area contributed by atoms with E-state index in [1.165, 1.54) is 11.8 Å². The van der Waals surface area contributed by atoms with Crippen LogP contribution in [0.1, 0.15) is 11.1 Å². The summed E-state index contributed by atoms with van der Waals surface area (Å²) in [6.45, 7) is 0.325. The molecule has 0 unspecified atom stereocenters. The maximum absolute atomic E-state index is 12.9. The van der Waals surface area contributed by atoms with Gasteiger partial charge in [0, 0.05) is 11.6 Å². The van der Waals surface area contributed by atoms with Gasteiger partial charge in [-0.1, -0.05) is 89.6 Å². The van der Waals surface area contributed by atoms with Crippen molar-refractivity contribution in [3.05, 3.63) is 98.9 Å². The Balaban J connectivity index is 1.35. The van der Waals surface area contributed by atoms with Gasteiger partial charge in [0.15, 0.2) is 6.61 Å². The van der Waals surface area contributed by atoms with Gasteiger partial charge in [-0.2, -0.15) is 0 Å². The SMILES string of the molecule is O=C(COc1cccc(/C=C2\SC(=S)N(CCc3ccccc3)C2=O)c1)Nc1ccc(Cl)cc1Cl. The van der Waals surface area contributed by atoms with E-state index in [-0.39, 0.29) is 18.4 Å². The summed E-state index contributed by atoms with van der Waals surface area (Å²) in [7, 11) is 0. The van der Waals surface area contributed by atoms with Crippen molar-refractivity contribution >= 4 is 75.1 Å². The first-order chi connectivity index (χ1) is 16.9. The average molecular weight is 543 g/mol. The van der Waals surface area contributed by atoms with Gasteiger partial charge < -0.3 is 10.1 Å². The zero-order valence-electron chi connectivity index (χ0n) is 18.4. The molecule has 1 heterocycles. The Morgan fingerprint density at radius 3 is 2.63 bits per heavy atom. The van der Waals surface area contributed by atoms with Gasteiger partial charge >= 0.3 is 0 Å². The molecular weight excluding hydrogens is 523 g/mol. The predicted octanol–water partition coefficient (Wildman–Crippen LogP) is 6.45. The highest BCUT2D eigenvalue weighted by atomic mass is 35.5. The number of benzene rings is 3. The molecule has 178 valence electrons. The Bertz CT molecular complexity index is 1300. The molecule has 1 saturated heterocycles. The van der Waals surface area contributed by atoms with E-state index >= 15 is 0 Å². The lowest BCUT2D eigenvalue weighted by molar-refractivity contribution is -0.122. The minimum Gasteiger partial charge on any atom is -0.484 e. The van der Waals surface area contributed by atoms with Crippen LogP contribution in [-0.2, 0) is 16.0 Å². The van der Waals surface area contributed by atoms with Crippen LogP contribution in [0, 0.1) is 0 Å². The molecule has 4 rings (SSSR count). The molecule has 0 atom stereocenters. The van der Waals surface area contributed by atoms with E-state index in [0.717, 1.165) is 17.5 Å². The standard InChI is InChI=1S/C26H20Cl2N2O3S2/c27-19-9-10-22(21(28)15-19)29-24(31)16-33-20-8-4-7-18(13-20)14-23-25(32)30(26(34)35-23)12-11-17-5-2-1-3-6-17/h1-10,13-15H,11-12,16H2,(H,29,31)/b23-14-. The molecule has 0 saturated carbocycles. The van der Waals surface area contributed by atoms with Crippen molar-refractivity contribution in [2.75, 3.05) is 18.5 Å². The molecule has 9 heteroatoms. The van der Waals surface area contributed by atoms with Gasteiger partial charge in [-0.25, -0.2) is 0 Å². The third-order valence-electron chi connectivity index (χ3n) is 5.07. The number of nitrogens with one attached hydrogen (secondary N) is 1. The molecule has 0 radical (unpaired) electrons. The normalized spacial score (nSPS) is 14.5. The summed E-state index contributed by atoms with van der Waals surface area (Å²) in [5.74, 6) is 0.0241. The molecule has 0 aliphatic carbocycles. The number of hydrogen-bond donors (Lipinski definition) is 1. The van der Waals surface area contributed by atoms with Crippen molar-refractivity contribution < 1.29 is 14.3 Å². The smallest absolute Gasteiger partial charge is 0.266 e.